The summed E-state index contributed by atoms with van der Waals surface area (Å²) in [6.07, 6.45) is 0. The lowest BCUT2D eigenvalue weighted by atomic mass is 11.1. The maximum absolute atomic E-state index is 11.0. The van der Waals surface area contributed by atoms with Crippen molar-refractivity contribution in [1.29, 1.82) is 0 Å². The number of nitrogens with one attached hydrogen (secondary N) is 2. The maximum Gasteiger partial charge on any atom is 0.499 e. The molecule has 11 nitrogen and oxygen atoms in total. The first-order valence-electron chi connectivity index (χ1n) is 3.02. The monoisotopic (exact) mass is 182 g/mol. The maximum atomic E-state index is 11.0. The highest BCUT2D eigenvalue weighted by molar-refractivity contribution is 5.03. The van der Waals surface area contributed by atoms with E-state index in [0.717, 1.165) is 0 Å². The van der Waals surface area contributed by atoms with Crippen LogP contribution < -0.4 is 0 Å². The van der Waals surface area contributed by atoms with Crippen LogP contribution in [0.4, 0.5) is 11.9 Å². The van der Waals surface area contributed by atoms with Crippen LogP contribution in [0, 0.1) is 5.21 Å². The summed E-state index contributed by atoms with van der Waals surface area (Å²) in [6.45, 7) is 0. The van der Waals surface area contributed by atoms with Crippen LogP contribution in [0.25, 0.3) is 0 Å². The zero-order valence-corrected chi connectivity index (χ0v) is 5.99. The lowest BCUT2D eigenvalue weighted by molar-refractivity contribution is -0.444. The number of nitrogens with zero attached hydrogens (tertiary/aromatic N) is 8. The SMILES string of the molecule is [O-]/[N+](=N\c1nn[nH]n1)c1nn[nH]n1. The van der Waals surface area contributed by atoms with Crippen LogP contribution in [0.15, 0.2) is 5.11 Å². The zero-order valence-electron chi connectivity index (χ0n) is 5.99. The lowest BCUT2D eigenvalue weighted by Crippen LogP contribution is -1.93. The summed E-state index contributed by atoms with van der Waals surface area (Å²) in [6, 6.07) is 0. The van der Waals surface area contributed by atoms with Gasteiger partial charge in [-0.15, -0.1) is 9.96 Å². The third kappa shape index (κ3) is 1.42. The smallest absolute Gasteiger partial charge is 0.499 e. The molecule has 66 valence electrons. The highest BCUT2D eigenvalue weighted by Crippen LogP contribution is 2.03. The van der Waals surface area contributed by atoms with Gasteiger partial charge in [0, 0.05) is 10.3 Å². The second-order valence-electron chi connectivity index (χ2n) is 1.80. The number of H-pyrrole nitrogens is 2. The Balaban J connectivity index is 2.27. The first-order chi connectivity index (χ1) is 6.36. The Morgan fingerprint density at radius 1 is 1.15 bits per heavy atom. The second kappa shape index (κ2) is 2.88. The van der Waals surface area contributed by atoms with Crippen LogP contribution >= 0.6 is 0 Å². The molecular formula is C2H2N10O. The number of rotatable bonds is 2. The van der Waals surface area contributed by atoms with Crippen molar-refractivity contribution < 1.29 is 4.86 Å². The molecule has 0 saturated carbocycles. The summed E-state index contributed by atoms with van der Waals surface area (Å²) in [7, 11) is 0. The molecule has 2 N–H and O–H groups in total. The van der Waals surface area contributed by atoms with Gasteiger partial charge in [-0.3, -0.25) is 0 Å². The highest BCUT2D eigenvalue weighted by atomic mass is 16.5. The fourth-order valence-corrected chi connectivity index (χ4v) is 0.562. The van der Waals surface area contributed by atoms with Crippen molar-refractivity contribution in [2.24, 2.45) is 5.11 Å². The van der Waals surface area contributed by atoms with Gasteiger partial charge in [-0.25, -0.2) is 0 Å². The fourth-order valence-electron chi connectivity index (χ4n) is 0.562. The second-order valence-corrected chi connectivity index (χ2v) is 1.80. The summed E-state index contributed by atoms with van der Waals surface area (Å²) in [4.78, 5) is 0.119. The number of azo groups is 1. The van der Waals surface area contributed by atoms with Crippen molar-refractivity contribution in [3.8, 4) is 0 Å². The molecule has 2 aromatic heterocycles. The molecule has 0 amide bonds. The first kappa shape index (κ1) is 7.20. The number of aromatic nitrogens is 8. The van der Waals surface area contributed by atoms with E-state index in [1.54, 1.807) is 0 Å². The molecule has 0 aliphatic heterocycles. The van der Waals surface area contributed by atoms with Crippen molar-refractivity contribution in [3.63, 3.8) is 0 Å². The topological polar surface area (TPSA) is 147 Å². The summed E-state index contributed by atoms with van der Waals surface area (Å²) in [5.74, 6) is -0.343. The standard InChI is InChI=1S/C2H2N10O/c13-12(2-5-10-11-6-2)7-1-3-8-9-4-1/h(H,3,4,8,9)(H,5,6,10,11)/b12-7-. The van der Waals surface area contributed by atoms with E-state index in [0.29, 0.717) is 0 Å². The first-order valence-corrected chi connectivity index (χ1v) is 3.02. The van der Waals surface area contributed by atoms with Gasteiger partial charge in [0.05, 0.1) is 5.10 Å². The Labute approximate surface area is 69.4 Å². The molecule has 0 atom stereocenters. The van der Waals surface area contributed by atoms with E-state index in [9.17, 15) is 5.21 Å². The van der Waals surface area contributed by atoms with Gasteiger partial charge in [0.25, 0.3) is 0 Å². The number of hydrogen-bond donors (Lipinski definition) is 2. The molecule has 2 heterocycles. The fraction of sp³-hybridized carbons (Fsp3) is 0. The molecule has 0 spiro atoms. The van der Waals surface area contributed by atoms with E-state index >= 15 is 0 Å². The van der Waals surface area contributed by atoms with Crippen molar-refractivity contribution in [1.82, 2.24) is 41.2 Å². The normalized spacial score (nSPS) is 11.8. The van der Waals surface area contributed by atoms with Gasteiger partial charge in [0.2, 0.25) is 0 Å². The minimum Gasteiger partial charge on any atom is -0.721 e. The predicted octanol–water partition coefficient (Wildman–Crippen LogP) is -1.36. The van der Waals surface area contributed by atoms with E-state index in [2.05, 4.69) is 46.4 Å². The van der Waals surface area contributed by atoms with Crippen LogP contribution in [0.5, 0.6) is 0 Å². The number of tetrazole rings is 2. The molecule has 0 saturated heterocycles. The molecule has 11 heteroatoms. The number of aromatic amines is 2. The average Bonchev–Trinajstić information content (AvgIpc) is 2.74. The third-order valence-electron chi connectivity index (χ3n) is 1.02. The van der Waals surface area contributed by atoms with Gasteiger partial charge < -0.3 is 5.21 Å². The van der Waals surface area contributed by atoms with Crippen LogP contribution in [0.1, 0.15) is 0 Å². The average molecular weight is 182 g/mol. The molecular weight excluding hydrogens is 180 g/mol. The van der Waals surface area contributed by atoms with Crippen LogP contribution in [0.2, 0.25) is 0 Å². The molecule has 0 radical (unpaired) electrons. The molecule has 0 aliphatic rings. The van der Waals surface area contributed by atoms with Crippen molar-refractivity contribution >= 4 is 11.9 Å². The van der Waals surface area contributed by atoms with E-state index in [-0.39, 0.29) is 16.8 Å². The third-order valence-corrected chi connectivity index (χ3v) is 1.02. The van der Waals surface area contributed by atoms with Crippen LogP contribution in [0.3, 0.4) is 0 Å². The molecule has 13 heavy (non-hydrogen) atoms. The Kier molecular flexibility index (Phi) is 1.60. The van der Waals surface area contributed by atoms with Gasteiger partial charge in [-0.2, -0.15) is 5.21 Å². The van der Waals surface area contributed by atoms with Crippen molar-refractivity contribution in [2.45, 2.75) is 0 Å². The van der Waals surface area contributed by atoms with E-state index < -0.39 is 0 Å². The van der Waals surface area contributed by atoms with E-state index in [1.165, 1.54) is 0 Å². The Morgan fingerprint density at radius 3 is 2.54 bits per heavy atom. The Morgan fingerprint density at radius 2 is 1.92 bits per heavy atom. The molecule has 0 bridgehead atoms. The number of hydrogen-bond acceptors (Lipinski definition) is 8. The highest BCUT2D eigenvalue weighted by Gasteiger charge is 2.09. The lowest BCUT2D eigenvalue weighted by Gasteiger charge is -1.95. The molecule has 0 unspecified atom stereocenters. The minimum absolute atomic E-state index is 0.111. The molecule has 0 fully saturated rings. The quantitative estimate of drug-likeness (QED) is 0.331. The van der Waals surface area contributed by atoms with Crippen LogP contribution in [-0.2, 0) is 0 Å². The van der Waals surface area contributed by atoms with Gasteiger partial charge in [-0.1, -0.05) is 15.4 Å². The Bertz CT molecular complexity index is 384. The summed E-state index contributed by atoms with van der Waals surface area (Å²) >= 11 is 0. The van der Waals surface area contributed by atoms with Crippen molar-refractivity contribution in [2.75, 3.05) is 0 Å². The summed E-state index contributed by atoms with van der Waals surface area (Å²) in [5.41, 5.74) is 0. The predicted molar refractivity (Wildman–Crippen MR) is 33.7 cm³/mol. The molecule has 0 aromatic carbocycles. The van der Waals surface area contributed by atoms with Crippen molar-refractivity contribution in [3.05, 3.63) is 5.21 Å². The van der Waals surface area contributed by atoms with Gasteiger partial charge in [0.1, 0.15) is 0 Å². The van der Waals surface area contributed by atoms with E-state index in [4.69, 9.17) is 0 Å². The van der Waals surface area contributed by atoms with Gasteiger partial charge in [-0.05, 0) is 5.21 Å². The van der Waals surface area contributed by atoms with E-state index in [1.807, 2.05) is 0 Å². The molecule has 2 rings (SSSR count). The summed E-state index contributed by atoms with van der Waals surface area (Å²) in [5, 5.41) is 38.6. The molecule has 0 aliphatic carbocycles. The summed E-state index contributed by atoms with van der Waals surface area (Å²) < 4.78 is 0. The Hall–Kier alpha value is -2.46. The molecule has 2 aromatic rings. The zero-order chi connectivity index (χ0) is 9.10. The van der Waals surface area contributed by atoms with Gasteiger partial charge in [0.15, 0.2) is 0 Å². The van der Waals surface area contributed by atoms with Crippen LogP contribution in [-0.4, -0.2) is 46.1 Å². The largest absolute Gasteiger partial charge is 0.721 e. The minimum atomic E-state index is -0.232. The van der Waals surface area contributed by atoms with Gasteiger partial charge >= 0.3 is 11.9 Å².